The van der Waals surface area contributed by atoms with E-state index in [0.717, 1.165) is 0 Å². The molecule has 0 radical (unpaired) electrons. The average Bonchev–Trinajstić information content (AvgIpc) is 2.47. The summed E-state index contributed by atoms with van der Waals surface area (Å²) in [5.74, 6) is -0.727. The van der Waals surface area contributed by atoms with Crippen molar-refractivity contribution in [2.24, 2.45) is 0 Å². The molecule has 3 N–H and O–H groups in total. The summed E-state index contributed by atoms with van der Waals surface area (Å²) in [5.41, 5.74) is 0. The first-order valence-corrected chi connectivity index (χ1v) is 4.86. The molecule has 0 aliphatic carbocycles. The predicted molar refractivity (Wildman–Crippen MR) is 53.7 cm³/mol. The summed E-state index contributed by atoms with van der Waals surface area (Å²) in [6, 6.07) is -1.19. The van der Waals surface area contributed by atoms with Gasteiger partial charge in [-0.05, 0) is 20.8 Å². The van der Waals surface area contributed by atoms with Gasteiger partial charge in [-0.3, -0.25) is 4.57 Å². The fourth-order valence-corrected chi connectivity index (χ4v) is 1.55. The summed E-state index contributed by atoms with van der Waals surface area (Å²) in [5, 5.41) is 35.3. The Bertz CT molecular complexity index is 386. The summed E-state index contributed by atoms with van der Waals surface area (Å²) < 4.78 is 1.23. The van der Waals surface area contributed by atoms with Crippen LogP contribution in [-0.2, 0) is 4.79 Å². The molecule has 0 fully saturated rings. The first-order chi connectivity index (χ1) is 7.36. The highest BCUT2D eigenvalue weighted by Gasteiger charge is 2.30. The standard InChI is InChI=1S/C9H15N3O4/c1-4(13)7(9(15)16)12-6(3)10-11-8(12)5(2)14/h4-5,7,13-14H,1-3H3,(H,15,16). The third-order valence-corrected chi connectivity index (χ3v) is 2.25. The monoisotopic (exact) mass is 229 g/mol. The van der Waals surface area contributed by atoms with Crippen molar-refractivity contribution in [2.45, 2.75) is 39.0 Å². The molecule has 0 spiro atoms. The zero-order valence-corrected chi connectivity index (χ0v) is 9.32. The largest absolute Gasteiger partial charge is 0.480 e. The number of aliphatic hydroxyl groups excluding tert-OH is 2. The molecule has 0 saturated carbocycles. The summed E-state index contributed by atoms with van der Waals surface area (Å²) in [4.78, 5) is 11.0. The molecule has 1 heterocycles. The van der Waals surface area contributed by atoms with Crippen LogP contribution in [0.5, 0.6) is 0 Å². The van der Waals surface area contributed by atoms with Crippen molar-refractivity contribution in [3.05, 3.63) is 11.6 Å². The third-order valence-electron chi connectivity index (χ3n) is 2.25. The van der Waals surface area contributed by atoms with Crippen molar-refractivity contribution in [2.75, 3.05) is 0 Å². The van der Waals surface area contributed by atoms with Gasteiger partial charge >= 0.3 is 5.97 Å². The van der Waals surface area contributed by atoms with Crippen molar-refractivity contribution in [3.8, 4) is 0 Å². The predicted octanol–water partition coefficient (Wildman–Crippen LogP) is -0.354. The smallest absolute Gasteiger partial charge is 0.329 e. The Morgan fingerprint density at radius 1 is 1.31 bits per heavy atom. The molecule has 7 heteroatoms. The van der Waals surface area contributed by atoms with Crippen LogP contribution in [-0.4, -0.2) is 42.2 Å². The Morgan fingerprint density at radius 2 is 1.88 bits per heavy atom. The lowest BCUT2D eigenvalue weighted by Gasteiger charge is -2.20. The minimum absolute atomic E-state index is 0.130. The molecule has 0 aliphatic rings. The molecule has 3 unspecified atom stereocenters. The molecular formula is C9H15N3O4. The van der Waals surface area contributed by atoms with Crippen LogP contribution in [0.3, 0.4) is 0 Å². The average molecular weight is 229 g/mol. The summed E-state index contributed by atoms with van der Waals surface area (Å²) in [7, 11) is 0. The summed E-state index contributed by atoms with van der Waals surface area (Å²) in [6.07, 6.45) is -2.05. The molecule has 7 nitrogen and oxygen atoms in total. The molecule has 1 aromatic heterocycles. The van der Waals surface area contributed by atoms with Crippen molar-refractivity contribution in [1.29, 1.82) is 0 Å². The number of carboxylic acids is 1. The molecule has 1 aromatic rings. The zero-order valence-electron chi connectivity index (χ0n) is 9.32. The van der Waals surface area contributed by atoms with Crippen molar-refractivity contribution in [1.82, 2.24) is 14.8 Å². The van der Waals surface area contributed by atoms with Crippen LogP contribution in [0.15, 0.2) is 0 Å². The Labute approximate surface area is 92.4 Å². The van der Waals surface area contributed by atoms with E-state index in [-0.39, 0.29) is 5.82 Å². The number of aromatic nitrogens is 3. The fourth-order valence-electron chi connectivity index (χ4n) is 1.55. The van der Waals surface area contributed by atoms with Gasteiger partial charge in [-0.1, -0.05) is 0 Å². The Hall–Kier alpha value is -1.47. The van der Waals surface area contributed by atoms with Crippen LogP contribution in [0.25, 0.3) is 0 Å². The van der Waals surface area contributed by atoms with E-state index < -0.39 is 24.2 Å². The van der Waals surface area contributed by atoms with Crippen LogP contribution in [0.2, 0.25) is 0 Å². The first kappa shape index (κ1) is 12.6. The van der Waals surface area contributed by atoms with E-state index in [9.17, 15) is 15.0 Å². The quantitative estimate of drug-likeness (QED) is 0.651. The van der Waals surface area contributed by atoms with Crippen molar-refractivity contribution in [3.63, 3.8) is 0 Å². The zero-order chi connectivity index (χ0) is 12.5. The van der Waals surface area contributed by atoms with E-state index >= 15 is 0 Å². The normalized spacial score (nSPS) is 16.8. The number of aryl methyl sites for hydroxylation is 1. The van der Waals surface area contributed by atoms with E-state index in [0.29, 0.717) is 5.82 Å². The molecule has 1 rings (SSSR count). The SMILES string of the molecule is Cc1nnc(C(C)O)n1C(C(=O)O)C(C)O. The number of carbonyl (C=O) groups is 1. The number of aliphatic hydroxyl groups is 2. The molecule has 0 aromatic carbocycles. The second-order valence-corrected chi connectivity index (χ2v) is 3.68. The van der Waals surface area contributed by atoms with Gasteiger partial charge in [0, 0.05) is 0 Å². The molecule has 0 aliphatic heterocycles. The lowest BCUT2D eigenvalue weighted by molar-refractivity contribution is -0.144. The second-order valence-electron chi connectivity index (χ2n) is 3.68. The third kappa shape index (κ3) is 2.20. The molecule has 0 amide bonds. The van der Waals surface area contributed by atoms with E-state index in [4.69, 9.17) is 5.11 Å². The maximum absolute atomic E-state index is 11.0. The number of hydrogen-bond acceptors (Lipinski definition) is 5. The van der Waals surface area contributed by atoms with Gasteiger partial charge in [-0.15, -0.1) is 10.2 Å². The summed E-state index contributed by atoms with van der Waals surface area (Å²) in [6.45, 7) is 4.39. The maximum Gasteiger partial charge on any atom is 0.329 e. The number of hydrogen-bond donors (Lipinski definition) is 3. The maximum atomic E-state index is 11.0. The van der Waals surface area contributed by atoms with E-state index in [2.05, 4.69) is 10.2 Å². The van der Waals surface area contributed by atoms with Gasteiger partial charge in [-0.2, -0.15) is 0 Å². The molecule has 90 valence electrons. The topological polar surface area (TPSA) is 108 Å². The van der Waals surface area contributed by atoms with Gasteiger partial charge in [-0.25, -0.2) is 4.79 Å². The lowest BCUT2D eigenvalue weighted by Crippen LogP contribution is -2.31. The molecular weight excluding hydrogens is 214 g/mol. The second kappa shape index (κ2) is 4.58. The van der Waals surface area contributed by atoms with Gasteiger partial charge in [0.1, 0.15) is 11.9 Å². The van der Waals surface area contributed by atoms with Crippen LogP contribution in [0.1, 0.15) is 37.6 Å². The highest BCUT2D eigenvalue weighted by molar-refractivity contribution is 5.72. The molecule has 3 atom stereocenters. The first-order valence-electron chi connectivity index (χ1n) is 4.86. The Morgan fingerprint density at radius 3 is 2.25 bits per heavy atom. The van der Waals surface area contributed by atoms with Gasteiger partial charge in [0.05, 0.1) is 6.10 Å². The van der Waals surface area contributed by atoms with Crippen LogP contribution in [0, 0.1) is 6.92 Å². The number of carboxylic acid groups (broad SMARTS) is 1. The van der Waals surface area contributed by atoms with E-state index in [1.165, 1.54) is 18.4 Å². The van der Waals surface area contributed by atoms with Gasteiger partial charge < -0.3 is 15.3 Å². The van der Waals surface area contributed by atoms with Gasteiger partial charge in [0.15, 0.2) is 11.9 Å². The highest BCUT2D eigenvalue weighted by atomic mass is 16.4. The van der Waals surface area contributed by atoms with Crippen molar-refractivity contribution < 1.29 is 20.1 Å². The number of rotatable bonds is 4. The van der Waals surface area contributed by atoms with Crippen LogP contribution in [0.4, 0.5) is 0 Å². The summed E-state index contributed by atoms with van der Waals surface area (Å²) >= 11 is 0. The van der Waals surface area contributed by atoms with Gasteiger partial charge in [0.25, 0.3) is 0 Å². The lowest BCUT2D eigenvalue weighted by atomic mass is 10.1. The van der Waals surface area contributed by atoms with Crippen LogP contribution < -0.4 is 0 Å². The minimum Gasteiger partial charge on any atom is -0.480 e. The van der Waals surface area contributed by atoms with E-state index in [1.807, 2.05) is 0 Å². The highest BCUT2D eigenvalue weighted by Crippen LogP contribution is 2.20. The van der Waals surface area contributed by atoms with E-state index in [1.54, 1.807) is 6.92 Å². The van der Waals surface area contributed by atoms with Crippen molar-refractivity contribution >= 4 is 5.97 Å². The number of nitrogens with zero attached hydrogens (tertiary/aromatic N) is 3. The Kier molecular flexibility index (Phi) is 3.61. The van der Waals surface area contributed by atoms with Gasteiger partial charge in [0.2, 0.25) is 0 Å². The minimum atomic E-state index is -1.19. The molecule has 0 saturated heterocycles. The number of aliphatic carboxylic acids is 1. The Balaban J connectivity index is 3.28. The van der Waals surface area contributed by atoms with Crippen LogP contribution >= 0.6 is 0 Å². The fraction of sp³-hybridized carbons (Fsp3) is 0.667. The molecule has 0 bridgehead atoms. The molecule has 16 heavy (non-hydrogen) atoms.